The Bertz CT molecular complexity index is 64.8. The molecule has 0 radical (unpaired) electrons. The van der Waals surface area contributed by atoms with Crippen molar-refractivity contribution in [1.82, 2.24) is 0 Å². The Balaban J connectivity index is -0.0000000483. The first kappa shape index (κ1) is 16.1. The van der Waals surface area contributed by atoms with Gasteiger partial charge in [-0.15, -0.1) is 0 Å². The standard InChI is InChI=1S/CO2.CH2O.HNO2/c2-1-3;1-2;2-1-3/h;1H2;1H. The lowest BCUT2D eigenvalue weighted by Gasteiger charge is -1.36. The molecule has 0 atom stereocenters. The largest absolute Gasteiger partial charge is 0.373 e. The van der Waals surface area contributed by atoms with Gasteiger partial charge in [-0.3, -0.25) is 10.1 Å². The summed E-state index contributed by atoms with van der Waals surface area (Å²) >= 11 is 0. The van der Waals surface area contributed by atoms with Crippen LogP contribution in [-0.4, -0.2) is 12.9 Å². The van der Waals surface area contributed by atoms with Gasteiger partial charge in [-0.2, -0.15) is 9.59 Å². The fourth-order valence-corrected chi connectivity index (χ4v) is 0. The molecule has 0 heterocycles. The Labute approximate surface area is 44.0 Å². The molecular weight excluding hydrogens is 118 g/mol. The van der Waals surface area contributed by atoms with Crippen LogP contribution in [0.15, 0.2) is 0 Å². The van der Waals surface area contributed by atoms with E-state index in [0.29, 0.717) is 0 Å². The minimum Gasteiger partial charge on any atom is -0.307 e. The van der Waals surface area contributed by atoms with E-state index in [4.69, 9.17) is 24.5 Å². The van der Waals surface area contributed by atoms with Crippen molar-refractivity contribution in [2.75, 3.05) is 0 Å². The topological polar surface area (TPSA) is 105 Å². The van der Waals surface area contributed by atoms with E-state index >= 15 is 0 Å². The van der Waals surface area contributed by atoms with Crippen LogP contribution in [-0.2, 0) is 14.4 Å². The van der Waals surface area contributed by atoms with Crippen LogP contribution in [0.1, 0.15) is 0 Å². The molecule has 0 aliphatic rings. The molecule has 0 bridgehead atoms. The van der Waals surface area contributed by atoms with E-state index in [9.17, 15) is 0 Å². The molecule has 0 aliphatic heterocycles. The molecule has 1 N–H and O–H groups in total. The van der Waals surface area contributed by atoms with Crippen molar-refractivity contribution < 1.29 is 19.7 Å². The first-order valence-electron chi connectivity index (χ1n) is 1.11. The predicted molar refractivity (Wildman–Crippen MR) is 19.8 cm³/mol. The number of carbonyl (C=O) groups is 1. The highest BCUT2D eigenvalue weighted by Gasteiger charge is 1.13. The van der Waals surface area contributed by atoms with E-state index in [2.05, 4.69) is 0 Å². The van der Waals surface area contributed by atoms with Crippen LogP contribution in [0.2, 0.25) is 0 Å². The molecule has 0 fully saturated rings. The summed E-state index contributed by atoms with van der Waals surface area (Å²) in [6, 6.07) is 0. The van der Waals surface area contributed by atoms with Gasteiger partial charge in [-0.1, -0.05) is 0 Å². The number of carbonyl (C=O) groups excluding carboxylic acids is 3. The quantitative estimate of drug-likeness (QED) is 0.283. The van der Waals surface area contributed by atoms with Crippen LogP contribution in [0, 0.1) is 10.1 Å². The van der Waals surface area contributed by atoms with E-state index in [1.54, 1.807) is 0 Å². The van der Waals surface area contributed by atoms with Gasteiger partial charge in [-0.05, 0) is 0 Å². The van der Waals surface area contributed by atoms with Crippen molar-refractivity contribution in [3.05, 3.63) is 10.1 Å². The van der Waals surface area contributed by atoms with Crippen LogP contribution in [0.5, 0.6) is 0 Å². The molecule has 6 heteroatoms. The molecule has 46 valence electrons. The molecule has 0 saturated carbocycles. The molecule has 0 aromatic carbocycles. The van der Waals surface area contributed by atoms with E-state index in [0.717, 1.165) is 0 Å². The number of hydrogen-bond acceptors (Lipinski definition) is 5. The van der Waals surface area contributed by atoms with E-state index in [-0.39, 0.29) is 11.5 Å². The van der Waals surface area contributed by atoms with Crippen molar-refractivity contribution >= 4 is 12.9 Å². The zero-order valence-electron chi connectivity index (χ0n) is 3.75. The van der Waals surface area contributed by atoms with Crippen molar-refractivity contribution in [3.8, 4) is 0 Å². The minimum atomic E-state index is 0.250. The maximum atomic E-state index is 8.12. The van der Waals surface area contributed by atoms with E-state index in [1.165, 1.54) is 0 Å². The summed E-state index contributed by atoms with van der Waals surface area (Å²) in [4.78, 5) is 32.4. The molecule has 0 spiro atoms. The molecule has 0 aromatic heterocycles. The lowest BCUT2D eigenvalue weighted by atomic mass is 11.8. The maximum Gasteiger partial charge on any atom is 0.373 e. The molecule has 0 aromatic rings. The van der Waals surface area contributed by atoms with Gasteiger partial charge in [0.2, 0.25) is 0 Å². The summed E-state index contributed by atoms with van der Waals surface area (Å²) in [5.41, 5.74) is 0. The van der Waals surface area contributed by atoms with Gasteiger partial charge in [-0.25, -0.2) is 0 Å². The Morgan fingerprint density at radius 2 is 1.38 bits per heavy atom. The SMILES string of the molecule is C=O.O=C=O.O=[NH+][O-]. The molecule has 8 heavy (non-hydrogen) atoms. The third kappa shape index (κ3) is 22.0. The second-order valence-electron chi connectivity index (χ2n) is 0.167. The second-order valence-corrected chi connectivity index (χ2v) is 0.167. The van der Waals surface area contributed by atoms with E-state index in [1.807, 2.05) is 6.79 Å². The fourth-order valence-electron chi connectivity index (χ4n) is 0. The predicted octanol–water partition coefficient (Wildman–Crippen LogP) is -2.44. The van der Waals surface area contributed by atoms with Gasteiger partial charge >= 0.3 is 6.15 Å². The van der Waals surface area contributed by atoms with E-state index < -0.39 is 0 Å². The highest BCUT2D eigenvalue weighted by atomic mass is 16.6. The third-order valence-electron chi connectivity index (χ3n) is 0. The minimum absolute atomic E-state index is 0.250. The lowest BCUT2D eigenvalue weighted by Crippen LogP contribution is -2.53. The zero-order chi connectivity index (χ0) is 7.41. The normalized spacial score (nSPS) is 3.00. The molecule has 0 amide bonds. The van der Waals surface area contributed by atoms with Crippen molar-refractivity contribution in [1.29, 1.82) is 0 Å². The summed E-state index contributed by atoms with van der Waals surface area (Å²) < 4.78 is 0. The van der Waals surface area contributed by atoms with Crippen LogP contribution < -0.4 is 5.34 Å². The highest BCUT2D eigenvalue weighted by Crippen LogP contribution is 0.787. The molecule has 0 aliphatic carbocycles. The lowest BCUT2D eigenvalue weighted by molar-refractivity contribution is -0.398. The third-order valence-corrected chi connectivity index (χ3v) is 0. The van der Waals surface area contributed by atoms with Crippen LogP contribution in [0.25, 0.3) is 0 Å². The Morgan fingerprint density at radius 3 is 1.38 bits per heavy atom. The van der Waals surface area contributed by atoms with Crippen LogP contribution in [0.3, 0.4) is 0 Å². The van der Waals surface area contributed by atoms with Crippen LogP contribution >= 0.6 is 0 Å². The summed E-state index contributed by atoms with van der Waals surface area (Å²) in [7, 11) is 0. The Hall–Kier alpha value is -1.55. The Morgan fingerprint density at radius 1 is 1.38 bits per heavy atom. The Kier molecular flexibility index (Phi) is 1070. The van der Waals surface area contributed by atoms with Crippen molar-refractivity contribution in [3.63, 3.8) is 0 Å². The summed E-state index contributed by atoms with van der Waals surface area (Å²) in [5.74, 6) is 0. The van der Waals surface area contributed by atoms with Gasteiger partial charge < -0.3 is 4.79 Å². The van der Waals surface area contributed by atoms with Gasteiger partial charge in [0.1, 0.15) is 6.79 Å². The molecule has 0 rings (SSSR count). The molecular formula is C2H3NO5. The number of hydrogen-bond donors (Lipinski definition) is 1. The fraction of sp³-hybridized carbons (Fsp3) is 0. The van der Waals surface area contributed by atoms with Gasteiger partial charge in [0, 0.05) is 5.34 Å². The molecule has 0 unspecified atom stereocenters. The van der Waals surface area contributed by atoms with Gasteiger partial charge in [0.25, 0.3) is 0 Å². The molecule has 0 saturated heterocycles. The van der Waals surface area contributed by atoms with Crippen molar-refractivity contribution in [2.45, 2.75) is 0 Å². The average molecular weight is 121 g/mol. The van der Waals surface area contributed by atoms with Crippen molar-refractivity contribution in [2.24, 2.45) is 0 Å². The summed E-state index contributed by atoms with van der Waals surface area (Å²) in [6.07, 6.45) is 0.250. The summed E-state index contributed by atoms with van der Waals surface area (Å²) in [6.45, 7) is 2.00. The number of nitrogens with one attached hydrogen (secondary N) is 1. The monoisotopic (exact) mass is 121 g/mol. The summed E-state index contributed by atoms with van der Waals surface area (Å²) in [5, 5.41) is 8.38. The average Bonchev–Trinajstić information content (AvgIpc) is 1.75. The highest BCUT2D eigenvalue weighted by molar-refractivity contribution is 5.20. The first-order chi connectivity index (χ1) is 3.83. The van der Waals surface area contributed by atoms with Gasteiger partial charge in [0.15, 0.2) is 0 Å². The smallest absolute Gasteiger partial charge is 0.307 e. The first-order valence-corrected chi connectivity index (χ1v) is 1.11. The number of rotatable bonds is 0. The second kappa shape index (κ2) is 533. The zero-order valence-corrected chi connectivity index (χ0v) is 3.75. The molecule has 6 nitrogen and oxygen atoms in total. The van der Waals surface area contributed by atoms with Gasteiger partial charge in [0.05, 0.1) is 0 Å². The van der Waals surface area contributed by atoms with Crippen LogP contribution in [0.4, 0.5) is 0 Å². The maximum absolute atomic E-state index is 8.12.